The van der Waals surface area contributed by atoms with Crippen molar-refractivity contribution >= 4 is 38.3 Å². The molecule has 1 aromatic heterocycles. The van der Waals surface area contributed by atoms with Crippen molar-refractivity contribution in [2.75, 3.05) is 0 Å². The van der Waals surface area contributed by atoms with E-state index in [1.54, 1.807) is 0 Å². The highest BCUT2D eigenvalue weighted by molar-refractivity contribution is 7.18. The molecule has 0 radical (unpaired) electrons. The van der Waals surface area contributed by atoms with Gasteiger partial charge in [-0.3, -0.25) is 4.79 Å². The number of rotatable bonds is 3. The average Bonchev–Trinajstić information content (AvgIpc) is 2.76. The maximum absolute atomic E-state index is 10.8. The van der Waals surface area contributed by atoms with Crippen molar-refractivity contribution in [1.82, 2.24) is 4.98 Å². The van der Waals surface area contributed by atoms with E-state index in [1.807, 2.05) is 24.3 Å². The molecule has 0 unspecified atom stereocenters. The third kappa shape index (κ3) is 2.30. The fourth-order valence-corrected chi connectivity index (χ4v) is 3.08. The Balaban J connectivity index is 2.05. The van der Waals surface area contributed by atoms with Crippen LogP contribution in [0.1, 0.15) is 5.01 Å². The molecule has 1 atom stereocenters. The van der Waals surface area contributed by atoms with Crippen LogP contribution in [0.4, 0.5) is 0 Å². The predicted molar refractivity (Wildman–Crippen MR) is 76.4 cm³/mol. The van der Waals surface area contributed by atoms with E-state index in [0.29, 0.717) is 0 Å². The standard InChI is InChI=1S/C14H12N2O2S/c15-10(14(17)18)7-13-16-11-5-8-3-1-2-4-9(8)6-12(11)19-13/h1-6,10H,7,15H2,(H,17,18)/t10-/m1/s1. The summed E-state index contributed by atoms with van der Waals surface area (Å²) in [6.07, 6.45) is 0.269. The first-order valence-electron chi connectivity index (χ1n) is 5.90. The molecule has 96 valence electrons. The van der Waals surface area contributed by atoms with Crippen LogP contribution in [-0.2, 0) is 11.2 Å². The number of aliphatic carboxylic acids is 1. The lowest BCUT2D eigenvalue weighted by molar-refractivity contribution is -0.138. The zero-order valence-electron chi connectivity index (χ0n) is 10.0. The molecular formula is C14H12N2O2S. The Morgan fingerprint density at radius 2 is 2.00 bits per heavy atom. The highest BCUT2D eigenvalue weighted by atomic mass is 32.1. The molecule has 4 nitrogen and oxygen atoms in total. The third-order valence-electron chi connectivity index (χ3n) is 3.01. The number of aromatic nitrogens is 1. The molecule has 5 heteroatoms. The molecule has 0 bridgehead atoms. The average molecular weight is 272 g/mol. The van der Waals surface area contributed by atoms with Crippen molar-refractivity contribution in [1.29, 1.82) is 0 Å². The summed E-state index contributed by atoms with van der Waals surface area (Å²) in [6, 6.07) is 11.3. The summed E-state index contributed by atoms with van der Waals surface area (Å²) in [4.78, 5) is 15.2. The van der Waals surface area contributed by atoms with Crippen LogP contribution in [0.3, 0.4) is 0 Å². The monoisotopic (exact) mass is 272 g/mol. The molecule has 0 spiro atoms. The maximum Gasteiger partial charge on any atom is 0.320 e. The number of carboxylic acid groups (broad SMARTS) is 1. The zero-order valence-corrected chi connectivity index (χ0v) is 10.9. The lowest BCUT2D eigenvalue weighted by Gasteiger charge is -2.01. The Kier molecular flexibility index (Phi) is 2.93. The van der Waals surface area contributed by atoms with E-state index < -0.39 is 12.0 Å². The molecular weight excluding hydrogens is 260 g/mol. The number of carboxylic acids is 1. The summed E-state index contributed by atoms with van der Waals surface area (Å²) in [5.74, 6) is -0.996. The minimum atomic E-state index is -0.996. The number of nitrogens with zero attached hydrogens (tertiary/aromatic N) is 1. The van der Waals surface area contributed by atoms with Crippen LogP contribution in [0.2, 0.25) is 0 Å². The van der Waals surface area contributed by atoms with Crippen molar-refractivity contribution in [3.63, 3.8) is 0 Å². The first-order valence-corrected chi connectivity index (χ1v) is 6.72. The Labute approximate surface area is 113 Å². The minimum Gasteiger partial charge on any atom is -0.480 e. The van der Waals surface area contributed by atoms with Crippen LogP contribution in [-0.4, -0.2) is 22.1 Å². The van der Waals surface area contributed by atoms with Gasteiger partial charge >= 0.3 is 5.97 Å². The van der Waals surface area contributed by atoms with Crippen molar-refractivity contribution in [3.05, 3.63) is 41.4 Å². The summed E-state index contributed by atoms with van der Waals surface area (Å²) in [6.45, 7) is 0. The van der Waals surface area contributed by atoms with E-state index in [-0.39, 0.29) is 6.42 Å². The molecule has 0 amide bonds. The maximum atomic E-state index is 10.8. The molecule has 2 aromatic carbocycles. The lowest BCUT2D eigenvalue weighted by Crippen LogP contribution is -2.32. The fraction of sp³-hybridized carbons (Fsp3) is 0.143. The van der Waals surface area contributed by atoms with Gasteiger partial charge in [-0.2, -0.15) is 0 Å². The van der Waals surface area contributed by atoms with E-state index in [0.717, 1.165) is 26.0 Å². The molecule has 0 fully saturated rings. The van der Waals surface area contributed by atoms with Crippen molar-refractivity contribution in [2.45, 2.75) is 12.5 Å². The summed E-state index contributed by atoms with van der Waals surface area (Å²) < 4.78 is 1.06. The molecule has 3 aromatic rings. The largest absolute Gasteiger partial charge is 0.480 e. The second kappa shape index (κ2) is 4.60. The first-order chi connectivity index (χ1) is 9.13. The predicted octanol–water partition coefficient (Wildman–Crippen LogP) is 2.40. The highest BCUT2D eigenvalue weighted by Crippen LogP contribution is 2.27. The highest BCUT2D eigenvalue weighted by Gasteiger charge is 2.15. The van der Waals surface area contributed by atoms with Gasteiger partial charge in [0.2, 0.25) is 0 Å². The van der Waals surface area contributed by atoms with Gasteiger partial charge in [-0.1, -0.05) is 24.3 Å². The van der Waals surface area contributed by atoms with Gasteiger partial charge in [-0.25, -0.2) is 4.98 Å². The quantitative estimate of drug-likeness (QED) is 0.767. The van der Waals surface area contributed by atoms with Gasteiger partial charge < -0.3 is 10.8 Å². The molecule has 0 aliphatic carbocycles. The number of hydrogen-bond acceptors (Lipinski definition) is 4. The topological polar surface area (TPSA) is 76.2 Å². The summed E-state index contributed by atoms with van der Waals surface area (Å²) in [7, 11) is 0. The van der Waals surface area contributed by atoms with E-state index in [9.17, 15) is 4.79 Å². The van der Waals surface area contributed by atoms with Gasteiger partial charge in [0.15, 0.2) is 0 Å². The van der Waals surface area contributed by atoms with E-state index in [1.165, 1.54) is 11.3 Å². The second-order valence-electron chi connectivity index (χ2n) is 4.42. The van der Waals surface area contributed by atoms with E-state index >= 15 is 0 Å². The number of fused-ring (bicyclic) bond motifs is 2. The van der Waals surface area contributed by atoms with Gasteiger partial charge in [0.1, 0.15) is 6.04 Å². The Morgan fingerprint density at radius 1 is 1.32 bits per heavy atom. The SMILES string of the molecule is N[C@H](Cc1nc2cc3ccccc3cc2s1)C(=O)O. The Hall–Kier alpha value is -1.98. The molecule has 19 heavy (non-hydrogen) atoms. The van der Waals surface area contributed by atoms with E-state index in [4.69, 9.17) is 10.8 Å². The van der Waals surface area contributed by atoms with Crippen LogP contribution in [0.25, 0.3) is 21.0 Å². The van der Waals surface area contributed by atoms with Gasteiger partial charge in [-0.05, 0) is 22.9 Å². The minimum absolute atomic E-state index is 0.269. The number of benzene rings is 2. The number of hydrogen-bond donors (Lipinski definition) is 2. The summed E-state index contributed by atoms with van der Waals surface area (Å²) in [5, 5.41) is 11.9. The molecule has 3 N–H and O–H groups in total. The Bertz CT molecular complexity index is 714. The normalized spacial score (nSPS) is 12.9. The lowest BCUT2D eigenvalue weighted by atomic mass is 10.1. The van der Waals surface area contributed by atoms with Crippen molar-refractivity contribution < 1.29 is 9.90 Å². The second-order valence-corrected chi connectivity index (χ2v) is 5.54. The molecule has 0 aliphatic heterocycles. The molecule has 0 aliphatic rings. The summed E-state index contributed by atoms with van der Waals surface area (Å²) >= 11 is 1.50. The number of carbonyl (C=O) groups is 1. The summed E-state index contributed by atoms with van der Waals surface area (Å²) in [5.41, 5.74) is 6.44. The van der Waals surface area contributed by atoms with Crippen LogP contribution < -0.4 is 5.73 Å². The smallest absolute Gasteiger partial charge is 0.320 e. The molecule has 3 rings (SSSR count). The van der Waals surface area contributed by atoms with Gasteiger partial charge in [0, 0.05) is 6.42 Å². The van der Waals surface area contributed by atoms with Crippen molar-refractivity contribution in [3.8, 4) is 0 Å². The van der Waals surface area contributed by atoms with Gasteiger partial charge in [-0.15, -0.1) is 11.3 Å². The third-order valence-corrected chi connectivity index (χ3v) is 4.05. The van der Waals surface area contributed by atoms with Crippen LogP contribution in [0.5, 0.6) is 0 Å². The fourth-order valence-electron chi connectivity index (χ4n) is 2.02. The van der Waals surface area contributed by atoms with Gasteiger partial charge in [0.25, 0.3) is 0 Å². The Morgan fingerprint density at radius 3 is 2.68 bits per heavy atom. The molecule has 0 saturated heterocycles. The van der Waals surface area contributed by atoms with Crippen LogP contribution in [0, 0.1) is 0 Å². The van der Waals surface area contributed by atoms with E-state index in [2.05, 4.69) is 17.1 Å². The van der Waals surface area contributed by atoms with Crippen molar-refractivity contribution in [2.24, 2.45) is 5.73 Å². The number of nitrogens with two attached hydrogens (primary N) is 1. The van der Waals surface area contributed by atoms with Crippen LogP contribution in [0.15, 0.2) is 36.4 Å². The molecule has 1 heterocycles. The molecule has 0 saturated carbocycles. The first kappa shape index (κ1) is 12.1. The van der Waals surface area contributed by atoms with Gasteiger partial charge in [0.05, 0.1) is 15.2 Å². The zero-order chi connectivity index (χ0) is 13.4. The van der Waals surface area contributed by atoms with Crippen LogP contribution >= 0.6 is 11.3 Å². The number of thiazole rings is 1.